The number of piperidine rings is 1. The molecule has 76 valence electrons. The molecular formula is C11H22N2. The SMILES string of the molecule is NC1CCC(C2CCNCC2)CC1. The third kappa shape index (κ3) is 2.44. The van der Waals surface area contributed by atoms with Gasteiger partial charge < -0.3 is 11.1 Å². The van der Waals surface area contributed by atoms with Crippen LogP contribution in [0, 0.1) is 11.8 Å². The van der Waals surface area contributed by atoms with Crippen LogP contribution in [0.25, 0.3) is 0 Å². The summed E-state index contributed by atoms with van der Waals surface area (Å²) in [7, 11) is 0. The topological polar surface area (TPSA) is 38.0 Å². The summed E-state index contributed by atoms with van der Waals surface area (Å²) in [5.41, 5.74) is 5.91. The number of rotatable bonds is 1. The zero-order valence-electron chi connectivity index (χ0n) is 8.47. The van der Waals surface area contributed by atoms with Crippen molar-refractivity contribution in [1.82, 2.24) is 5.32 Å². The second-order valence-corrected chi connectivity index (χ2v) is 4.76. The smallest absolute Gasteiger partial charge is 0.00390 e. The van der Waals surface area contributed by atoms with Crippen LogP contribution in [0.1, 0.15) is 38.5 Å². The van der Waals surface area contributed by atoms with Crippen molar-refractivity contribution in [3.63, 3.8) is 0 Å². The Morgan fingerprint density at radius 3 is 1.92 bits per heavy atom. The predicted molar refractivity (Wildman–Crippen MR) is 55.5 cm³/mol. The molecular weight excluding hydrogens is 160 g/mol. The van der Waals surface area contributed by atoms with Gasteiger partial charge in [-0.15, -0.1) is 0 Å². The molecule has 1 saturated carbocycles. The molecule has 2 nitrogen and oxygen atoms in total. The molecule has 1 aliphatic carbocycles. The maximum Gasteiger partial charge on any atom is 0.00390 e. The lowest BCUT2D eigenvalue weighted by molar-refractivity contribution is 0.194. The van der Waals surface area contributed by atoms with Crippen molar-refractivity contribution < 1.29 is 0 Å². The van der Waals surface area contributed by atoms with E-state index in [-0.39, 0.29) is 0 Å². The van der Waals surface area contributed by atoms with E-state index in [0.717, 1.165) is 11.8 Å². The molecule has 2 heteroatoms. The molecule has 0 bridgehead atoms. The van der Waals surface area contributed by atoms with Crippen molar-refractivity contribution in [3.8, 4) is 0 Å². The van der Waals surface area contributed by atoms with Gasteiger partial charge in [-0.3, -0.25) is 0 Å². The molecule has 13 heavy (non-hydrogen) atoms. The summed E-state index contributed by atoms with van der Waals surface area (Å²) >= 11 is 0. The Bertz CT molecular complexity index is 144. The normalized spacial score (nSPS) is 37.6. The molecule has 1 aliphatic heterocycles. The van der Waals surface area contributed by atoms with E-state index in [9.17, 15) is 0 Å². The average molecular weight is 182 g/mol. The number of nitrogens with one attached hydrogen (secondary N) is 1. The molecule has 2 fully saturated rings. The van der Waals surface area contributed by atoms with Crippen LogP contribution < -0.4 is 11.1 Å². The molecule has 0 aromatic carbocycles. The summed E-state index contributed by atoms with van der Waals surface area (Å²) in [5, 5.41) is 3.44. The first kappa shape index (κ1) is 9.47. The van der Waals surface area contributed by atoms with Crippen molar-refractivity contribution in [2.24, 2.45) is 17.6 Å². The quantitative estimate of drug-likeness (QED) is 0.645. The van der Waals surface area contributed by atoms with Gasteiger partial charge in [0.2, 0.25) is 0 Å². The second kappa shape index (κ2) is 4.43. The molecule has 2 rings (SSSR count). The summed E-state index contributed by atoms with van der Waals surface area (Å²) in [6.07, 6.45) is 8.14. The molecule has 0 spiro atoms. The molecule has 0 unspecified atom stereocenters. The van der Waals surface area contributed by atoms with Crippen molar-refractivity contribution >= 4 is 0 Å². The highest BCUT2D eigenvalue weighted by molar-refractivity contribution is 4.81. The van der Waals surface area contributed by atoms with E-state index in [1.165, 1.54) is 51.6 Å². The van der Waals surface area contributed by atoms with Gasteiger partial charge in [0.05, 0.1) is 0 Å². The highest BCUT2D eigenvalue weighted by atomic mass is 14.9. The number of hydrogen-bond acceptors (Lipinski definition) is 2. The first-order chi connectivity index (χ1) is 6.36. The zero-order chi connectivity index (χ0) is 9.10. The molecule has 1 saturated heterocycles. The third-order valence-electron chi connectivity index (χ3n) is 3.87. The number of nitrogens with two attached hydrogens (primary N) is 1. The molecule has 1 heterocycles. The minimum Gasteiger partial charge on any atom is -0.328 e. The van der Waals surface area contributed by atoms with E-state index >= 15 is 0 Å². The van der Waals surface area contributed by atoms with E-state index in [2.05, 4.69) is 5.32 Å². The largest absolute Gasteiger partial charge is 0.328 e. The van der Waals surface area contributed by atoms with Gasteiger partial charge in [0.15, 0.2) is 0 Å². The summed E-state index contributed by atoms with van der Waals surface area (Å²) in [5.74, 6) is 2.01. The van der Waals surface area contributed by atoms with Gasteiger partial charge >= 0.3 is 0 Å². The summed E-state index contributed by atoms with van der Waals surface area (Å²) < 4.78 is 0. The van der Waals surface area contributed by atoms with Gasteiger partial charge in [0, 0.05) is 6.04 Å². The Kier molecular flexibility index (Phi) is 3.23. The van der Waals surface area contributed by atoms with Crippen LogP contribution in [0.5, 0.6) is 0 Å². The Labute approximate surface area is 81.3 Å². The lowest BCUT2D eigenvalue weighted by Gasteiger charge is -2.35. The van der Waals surface area contributed by atoms with Crippen molar-refractivity contribution in [2.45, 2.75) is 44.6 Å². The average Bonchev–Trinajstić information content (AvgIpc) is 2.20. The minimum absolute atomic E-state index is 0.512. The molecule has 0 amide bonds. The highest BCUT2D eigenvalue weighted by Gasteiger charge is 2.26. The van der Waals surface area contributed by atoms with Crippen LogP contribution in [0.3, 0.4) is 0 Å². The van der Waals surface area contributed by atoms with E-state index in [0.29, 0.717) is 6.04 Å². The first-order valence-corrected chi connectivity index (χ1v) is 5.82. The fourth-order valence-electron chi connectivity index (χ4n) is 2.93. The van der Waals surface area contributed by atoms with Gasteiger partial charge in [-0.2, -0.15) is 0 Å². The summed E-state index contributed by atoms with van der Waals surface area (Å²) in [6, 6.07) is 0.512. The van der Waals surface area contributed by atoms with Crippen LogP contribution in [-0.2, 0) is 0 Å². The monoisotopic (exact) mass is 182 g/mol. The van der Waals surface area contributed by atoms with E-state index in [1.807, 2.05) is 0 Å². The molecule has 3 N–H and O–H groups in total. The molecule has 2 aliphatic rings. The van der Waals surface area contributed by atoms with Gasteiger partial charge in [0.25, 0.3) is 0 Å². The fraction of sp³-hybridized carbons (Fsp3) is 1.00. The standard InChI is InChI=1S/C11H22N2/c12-11-3-1-9(2-4-11)10-5-7-13-8-6-10/h9-11,13H,1-8,12H2. The van der Waals surface area contributed by atoms with Crippen LogP contribution in [0.2, 0.25) is 0 Å². The fourth-order valence-corrected chi connectivity index (χ4v) is 2.93. The second-order valence-electron chi connectivity index (χ2n) is 4.76. The Morgan fingerprint density at radius 2 is 1.31 bits per heavy atom. The zero-order valence-corrected chi connectivity index (χ0v) is 8.47. The van der Waals surface area contributed by atoms with Crippen LogP contribution >= 0.6 is 0 Å². The van der Waals surface area contributed by atoms with Gasteiger partial charge in [0.1, 0.15) is 0 Å². The van der Waals surface area contributed by atoms with Crippen LogP contribution in [-0.4, -0.2) is 19.1 Å². The van der Waals surface area contributed by atoms with Crippen LogP contribution in [0.4, 0.5) is 0 Å². The lowest BCUT2D eigenvalue weighted by Crippen LogP contribution is -2.35. The van der Waals surface area contributed by atoms with Gasteiger partial charge in [-0.25, -0.2) is 0 Å². The van der Waals surface area contributed by atoms with Gasteiger partial charge in [-0.1, -0.05) is 0 Å². The third-order valence-corrected chi connectivity index (χ3v) is 3.87. The predicted octanol–water partition coefficient (Wildman–Crippen LogP) is 1.50. The van der Waals surface area contributed by atoms with E-state index in [1.54, 1.807) is 0 Å². The summed E-state index contributed by atoms with van der Waals surface area (Å²) in [6.45, 7) is 2.49. The lowest BCUT2D eigenvalue weighted by atomic mass is 9.75. The Morgan fingerprint density at radius 1 is 0.769 bits per heavy atom. The van der Waals surface area contributed by atoms with E-state index < -0.39 is 0 Å². The van der Waals surface area contributed by atoms with Gasteiger partial charge in [-0.05, 0) is 63.5 Å². The molecule has 0 radical (unpaired) electrons. The highest BCUT2D eigenvalue weighted by Crippen LogP contribution is 2.33. The Hall–Kier alpha value is -0.0800. The maximum atomic E-state index is 5.91. The van der Waals surface area contributed by atoms with Crippen molar-refractivity contribution in [1.29, 1.82) is 0 Å². The maximum absolute atomic E-state index is 5.91. The molecule has 0 aromatic rings. The number of hydrogen-bond donors (Lipinski definition) is 2. The molecule has 0 aromatic heterocycles. The minimum atomic E-state index is 0.512. The van der Waals surface area contributed by atoms with Crippen LogP contribution in [0.15, 0.2) is 0 Å². The first-order valence-electron chi connectivity index (χ1n) is 5.82. The Balaban J connectivity index is 1.79. The summed E-state index contributed by atoms with van der Waals surface area (Å²) in [4.78, 5) is 0. The van der Waals surface area contributed by atoms with Crippen molar-refractivity contribution in [3.05, 3.63) is 0 Å². The molecule has 0 atom stereocenters. The van der Waals surface area contributed by atoms with E-state index in [4.69, 9.17) is 5.73 Å². The van der Waals surface area contributed by atoms with Crippen molar-refractivity contribution in [2.75, 3.05) is 13.1 Å².